The SMILES string of the molecule is COc1cccc(N2C(=O)[C@H]3CN(S(C)(=O)=O)CCN3C2=O)c1. The maximum atomic E-state index is 12.6. The number of sulfonamides is 1. The molecular weight excluding hydrogens is 322 g/mol. The fraction of sp³-hybridized carbons (Fsp3) is 0.429. The Kier molecular flexibility index (Phi) is 3.77. The average molecular weight is 339 g/mol. The van der Waals surface area contributed by atoms with Gasteiger partial charge >= 0.3 is 6.03 Å². The third-order valence-electron chi connectivity index (χ3n) is 4.07. The number of ether oxygens (including phenoxy) is 1. The smallest absolute Gasteiger partial charge is 0.332 e. The molecule has 2 heterocycles. The van der Waals surface area contributed by atoms with Gasteiger partial charge in [-0.3, -0.25) is 4.79 Å². The highest BCUT2D eigenvalue weighted by Crippen LogP contribution is 2.30. The standard InChI is InChI=1S/C14H17N3O5S/c1-22-11-5-3-4-10(8-11)17-13(18)12-9-15(23(2,20)21)6-7-16(12)14(17)19/h3-5,8,12H,6-7,9H2,1-2H3/t12-/m1/s1. The lowest BCUT2D eigenvalue weighted by Gasteiger charge is -2.33. The van der Waals surface area contributed by atoms with Gasteiger partial charge in [0.25, 0.3) is 5.91 Å². The number of carbonyl (C=O) groups excluding carboxylic acids is 2. The molecule has 1 aromatic carbocycles. The van der Waals surface area contributed by atoms with Gasteiger partial charge in [-0.1, -0.05) is 6.07 Å². The number of imide groups is 1. The van der Waals surface area contributed by atoms with Crippen LogP contribution in [0.3, 0.4) is 0 Å². The summed E-state index contributed by atoms with van der Waals surface area (Å²) < 4.78 is 29.7. The Morgan fingerprint density at radius 3 is 2.61 bits per heavy atom. The van der Waals surface area contributed by atoms with Crippen LogP contribution in [0.2, 0.25) is 0 Å². The van der Waals surface area contributed by atoms with E-state index in [4.69, 9.17) is 4.74 Å². The number of methoxy groups -OCH3 is 1. The first-order chi connectivity index (χ1) is 10.8. The topological polar surface area (TPSA) is 87.2 Å². The fourth-order valence-corrected chi connectivity index (χ4v) is 3.68. The van der Waals surface area contributed by atoms with Crippen LogP contribution in [0.25, 0.3) is 0 Å². The molecule has 23 heavy (non-hydrogen) atoms. The molecule has 1 aromatic rings. The first kappa shape index (κ1) is 15.8. The quantitative estimate of drug-likeness (QED) is 0.730. The molecule has 8 nitrogen and oxygen atoms in total. The molecule has 0 radical (unpaired) electrons. The zero-order chi connectivity index (χ0) is 16.8. The van der Waals surface area contributed by atoms with Gasteiger partial charge in [-0.2, -0.15) is 4.31 Å². The van der Waals surface area contributed by atoms with Crippen LogP contribution in [0.4, 0.5) is 10.5 Å². The van der Waals surface area contributed by atoms with Crippen molar-refractivity contribution in [1.82, 2.24) is 9.21 Å². The van der Waals surface area contributed by atoms with E-state index in [9.17, 15) is 18.0 Å². The Morgan fingerprint density at radius 1 is 1.22 bits per heavy atom. The monoisotopic (exact) mass is 339 g/mol. The van der Waals surface area contributed by atoms with E-state index in [1.807, 2.05) is 0 Å². The Balaban J connectivity index is 1.91. The van der Waals surface area contributed by atoms with Crippen molar-refractivity contribution in [3.05, 3.63) is 24.3 Å². The molecule has 0 aromatic heterocycles. The molecular formula is C14H17N3O5S. The highest BCUT2D eigenvalue weighted by molar-refractivity contribution is 7.88. The Bertz CT molecular complexity index is 763. The molecule has 9 heteroatoms. The van der Waals surface area contributed by atoms with E-state index in [-0.39, 0.29) is 19.6 Å². The van der Waals surface area contributed by atoms with Crippen LogP contribution in [0.5, 0.6) is 5.75 Å². The van der Waals surface area contributed by atoms with E-state index in [2.05, 4.69) is 0 Å². The second-order valence-corrected chi connectivity index (χ2v) is 7.47. The predicted molar refractivity (Wildman–Crippen MR) is 82.8 cm³/mol. The summed E-state index contributed by atoms with van der Waals surface area (Å²) in [6, 6.07) is 5.44. The number of nitrogens with zero attached hydrogens (tertiary/aromatic N) is 3. The number of anilines is 1. The van der Waals surface area contributed by atoms with Crippen LogP contribution in [-0.2, 0) is 14.8 Å². The Hall–Kier alpha value is -2.13. The normalized spacial score (nSPS) is 22.4. The van der Waals surface area contributed by atoms with Gasteiger partial charge in [0, 0.05) is 25.7 Å². The van der Waals surface area contributed by atoms with E-state index < -0.39 is 28.0 Å². The number of amides is 3. The molecule has 2 fully saturated rings. The van der Waals surface area contributed by atoms with E-state index >= 15 is 0 Å². The van der Waals surface area contributed by atoms with Crippen LogP contribution in [0.1, 0.15) is 0 Å². The minimum Gasteiger partial charge on any atom is -0.497 e. The number of carbonyl (C=O) groups is 2. The largest absolute Gasteiger partial charge is 0.497 e. The molecule has 0 spiro atoms. The van der Waals surface area contributed by atoms with Gasteiger partial charge in [-0.15, -0.1) is 0 Å². The molecule has 3 amide bonds. The summed E-state index contributed by atoms with van der Waals surface area (Å²) in [6.45, 7) is 0.382. The Morgan fingerprint density at radius 2 is 1.96 bits per heavy atom. The molecule has 2 aliphatic heterocycles. The maximum absolute atomic E-state index is 12.6. The molecule has 0 saturated carbocycles. The fourth-order valence-electron chi connectivity index (χ4n) is 2.86. The number of urea groups is 1. The van der Waals surface area contributed by atoms with E-state index in [0.29, 0.717) is 11.4 Å². The summed E-state index contributed by atoms with van der Waals surface area (Å²) in [7, 11) is -1.89. The zero-order valence-electron chi connectivity index (χ0n) is 12.8. The molecule has 0 bridgehead atoms. The lowest BCUT2D eigenvalue weighted by atomic mass is 10.2. The molecule has 0 N–H and O–H groups in total. The summed E-state index contributed by atoms with van der Waals surface area (Å²) in [5, 5.41) is 0. The number of benzene rings is 1. The summed E-state index contributed by atoms with van der Waals surface area (Å²) in [4.78, 5) is 27.7. The first-order valence-electron chi connectivity index (χ1n) is 7.06. The van der Waals surface area contributed by atoms with Crippen molar-refractivity contribution in [3.8, 4) is 5.75 Å². The van der Waals surface area contributed by atoms with Crippen LogP contribution in [-0.4, -0.2) is 68.6 Å². The van der Waals surface area contributed by atoms with Gasteiger partial charge in [0.1, 0.15) is 11.8 Å². The van der Waals surface area contributed by atoms with Crippen molar-refractivity contribution < 1.29 is 22.7 Å². The van der Waals surface area contributed by atoms with Crippen LogP contribution in [0.15, 0.2) is 24.3 Å². The van der Waals surface area contributed by atoms with Crippen molar-refractivity contribution >= 4 is 27.6 Å². The zero-order valence-corrected chi connectivity index (χ0v) is 13.6. The van der Waals surface area contributed by atoms with Crippen molar-refractivity contribution in [3.63, 3.8) is 0 Å². The van der Waals surface area contributed by atoms with Crippen LogP contribution >= 0.6 is 0 Å². The molecule has 2 aliphatic rings. The van der Waals surface area contributed by atoms with Crippen LogP contribution in [0, 0.1) is 0 Å². The average Bonchev–Trinajstić information content (AvgIpc) is 2.77. The number of fused-ring (bicyclic) bond motifs is 1. The van der Waals surface area contributed by atoms with Crippen LogP contribution < -0.4 is 9.64 Å². The minimum atomic E-state index is -3.39. The summed E-state index contributed by atoms with van der Waals surface area (Å²) in [5.41, 5.74) is 0.416. The Labute approximate surface area is 134 Å². The van der Waals surface area contributed by atoms with Crippen molar-refractivity contribution in [1.29, 1.82) is 0 Å². The van der Waals surface area contributed by atoms with Gasteiger partial charge in [-0.05, 0) is 12.1 Å². The predicted octanol–water partition coefficient (Wildman–Crippen LogP) is 0.108. The molecule has 0 aliphatic carbocycles. The number of hydrogen-bond acceptors (Lipinski definition) is 5. The van der Waals surface area contributed by atoms with Crippen molar-refractivity contribution in [2.24, 2.45) is 0 Å². The number of rotatable bonds is 3. The van der Waals surface area contributed by atoms with Gasteiger partial charge in [-0.25, -0.2) is 18.1 Å². The summed E-state index contributed by atoms with van der Waals surface area (Å²) in [6.07, 6.45) is 1.10. The van der Waals surface area contributed by atoms with Gasteiger partial charge in [0.05, 0.1) is 19.1 Å². The summed E-state index contributed by atoms with van der Waals surface area (Å²) >= 11 is 0. The number of piperazine rings is 1. The lowest BCUT2D eigenvalue weighted by Crippen LogP contribution is -2.54. The second-order valence-electron chi connectivity index (χ2n) is 5.49. The van der Waals surface area contributed by atoms with Gasteiger partial charge in [0.2, 0.25) is 10.0 Å². The van der Waals surface area contributed by atoms with E-state index in [1.54, 1.807) is 24.3 Å². The minimum absolute atomic E-state index is 0.0100. The summed E-state index contributed by atoms with van der Waals surface area (Å²) in [5.74, 6) is 0.113. The molecule has 0 unspecified atom stereocenters. The second kappa shape index (κ2) is 5.50. The lowest BCUT2D eigenvalue weighted by molar-refractivity contribution is -0.120. The molecule has 1 atom stereocenters. The van der Waals surface area contributed by atoms with Gasteiger partial charge < -0.3 is 9.64 Å². The van der Waals surface area contributed by atoms with E-state index in [0.717, 1.165) is 11.2 Å². The molecule has 3 rings (SSSR count). The third-order valence-corrected chi connectivity index (χ3v) is 5.34. The number of hydrogen-bond donors (Lipinski definition) is 0. The van der Waals surface area contributed by atoms with Gasteiger partial charge in [0.15, 0.2) is 0 Å². The highest BCUT2D eigenvalue weighted by atomic mass is 32.2. The van der Waals surface area contributed by atoms with Crippen molar-refractivity contribution in [2.45, 2.75) is 6.04 Å². The van der Waals surface area contributed by atoms with Crippen molar-refractivity contribution in [2.75, 3.05) is 37.9 Å². The molecule has 2 saturated heterocycles. The highest BCUT2D eigenvalue weighted by Gasteiger charge is 2.49. The maximum Gasteiger partial charge on any atom is 0.332 e. The molecule has 124 valence electrons. The van der Waals surface area contributed by atoms with E-state index in [1.165, 1.54) is 16.3 Å². The third kappa shape index (κ3) is 2.66. The first-order valence-corrected chi connectivity index (χ1v) is 8.91.